The molecular formula is C21H19N5O. The number of nitrogens with one attached hydrogen (secondary N) is 1. The minimum Gasteiger partial charge on any atom is -0.391 e. The molecule has 6 heteroatoms. The molecule has 0 saturated carbocycles. The number of aromatic nitrogens is 4. The number of aliphatic hydroxyl groups is 1. The summed E-state index contributed by atoms with van der Waals surface area (Å²) >= 11 is 0. The average Bonchev–Trinajstić information content (AvgIpc) is 2.73. The van der Waals surface area contributed by atoms with Gasteiger partial charge in [-0.25, -0.2) is 9.97 Å². The molecule has 0 aliphatic rings. The second-order valence-electron chi connectivity index (χ2n) is 6.25. The summed E-state index contributed by atoms with van der Waals surface area (Å²) in [6.45, 7) is 0.388. The van der Waals surface area contributed by atoms with Crippen LogP contribution in [0.15, 0.2) is 73.3 Å². The summed E-state index contributed by atoms with van der Waals surface area (Å²) in [6.07, 6.45) is 6.90. The zero-order valence-electron chi connectivity index (χ0n) is 14.7. The average molecular weight is 357 g/mol. The lowest BCUT2D eigenvalue weighted by molar-refractivity contribution is 0.188. The molecule has 1 atom stereocenters. The lowest BCUT2D eigenvalue weighted by Crippen LogP contribution is -2.22. The van der Waals surface area contributed by atoms with Gasteiger partial charge in [-0.3, -0.25) is 9.97 Å². The minimum absolute atomic E-state index is 0.388. The minimum atomic E-state index is -0.524. The molecule has 0 spiro atoms. The van der Waals surface area contributed by atoms with E-state index < -0.39 is 6.10 Å². The number of nitrogens with zero attached hydrogens (tertiary/aromatic N) is 4. The van der Waals surface area contributed by atoms with E-state index in [-0.39, 0.29) is 0 Å². The van der Waals surface area contributed by atoms with Crippen molar-refractivity contribution < 1.29 is 5.11 Å². The van der Waals surface area contributed by atoms with Gasteiger partial charge in [-0.05, 0) is 23.8 Å². The van der Waals surface area contributed by atoms with Gasteiger partial charge >= 0.3 is 0 Å². The van der Waals surface area contributed by atoms with Crippen molar-refractivity contribution in [2.45, 2.75) is 12.5 Å². The molecule has 1 aromatic carbocycles. The Morgan fingerprint density at radius 2 is 1.67 bits per heavy atom. The van der Waals surface area contributed by atoms with Crippen LogP contribution in [0.25, 0.3) is 22.3 Å². The fourth-order valence-electron chi connectivity index (χ4n) is 2.92. The van der Waals surface area contributed by atoms with Gasteiger partial charge in [0.05, 0.1) is 17.8 Å². The first-order valence-corrected chi connectivity index (χ1v) is 8.77. The smallest absolute Gasteiger partial charge is 0.162 e. The van der Waals surface area contributed by atoms with Gasteiger partial charge < -0.3 is 10.4 Å². The Morgan fingerprint density at radius 3 is 2.48 bits per heavy atom. The summed E-state index contributed by atoms with van der Waals surface area (Å²) in [4.78, 5) is 17.5. The number of benzene rings is 1. The van der Waals surface area contributed by atoms with Crippen LogP contribution in [0.3, 0.4) is 0 Å². The van der Waals surface area contributed by atoms with Crippen LogP contribution in [-0.2, 0) is 6.42 Å². The summed E-state index contributed by atoms with van der Waals surface area (Å²) in [5.41, 5.74) is 2.73. The molecule has 0 radical (unpaired) electrons. The van der Waals surface area contributed by atoms with E-state index in [1.54, 1.807) is 24.8 Å². The first kappa shape index (κ1) is 17.1. The van der Waals surface area contributed by atoms with E-state index in [1.807, 2.05) is 48.5 Å². The van der Waals surface area contributed by atoms with Gasteiger partial charge in [-0.2, -0.15) is 0 Å². The maximum atomic E-state index is 10.4. The Morgan fingerprint density at radius 1 is 0.889 bits per heavy atom. The molecule has 1 unspecified atom stereocenters. The normalized spacial score (nSPS) is 12.0. The van der Waals surface area contributed by atoms with Gasteiger partial charge in [0, 0.05) is 42.5 Å². The molecule has 0 aliphatic carbocycles. The maximum absolute atomic E-state index is 10.4. The van der Waals surface area contributed by atoms with Crippen molar-refractivity contribution in [2.75, 3.05) is 11.9 Å². The third-order valence-electron chi connectivity index (χ3n) is 4.26. The SMILES string of the molecule is OC(CNc1nc(-c2ccncc2)nc2cnccc12)Cc1ccccc1. The predicted octanol–water partition coefficient (Wildman–Crippen LogP) is 3.10. The van der Waals surface area contributed by atoms with E-state index in [1.165, 1.54) is 0 Å². The van der Waals surface area contributed by atoms with Crippen LogP contribution in [0.5, 0.6) is 0 Å². The third-order valence-corrected chi connectivity index (χ3v) is 4.26. The number of anilines is 1. The van der Waals surface area contributed by atoms with Crippen LogP contribution in [0, 0.1) is 0 Å². The van der Waals surface area contributed by atoms with Gasteiger partial charge in [-0.15, -0.1) is 0 Å². The van der Waals surface area contributed by atoms with E-state index in [2.05, 4.69) is 25.3 Å². The van der Waals surface area contributed by atoms with E-state index in [4.69, 9.17) is 0 Å². The van der Waals surface area contributed by atoms with Gasteiger partial charge in [0.1, 0.15) is 5.82 Å². The Balaban J connectivity index is 1.58. The van der Waals surface area contributed by atoms with Crippen molar-refractivity contribution in [2.24, 2.45) is 0 Å². The van der Waals surface area contributed by atoms with Crippen molar-refractivity contribution >= 4 is 16.7 Å². The number of hydrogen-bond donors (Lipinski definition) is 2. The Labute approximate surface area is 157 Å². The second-order valence-corrected chi connectivity index (χ2v) is 6.25. The Hall–Kier alpha value is -3.38. The number of hydrogen-bond acceptors (Lipinski definition) is 6. The van der Waals surface area contributed by atoms with Crippen LogP contribution < -0.4 is 5.32 Å². The van der Waals surface area contributed by atoms with Gasteiger partial charge in [0.2, 0.25) is 0 Å². The monoisotopic (exact) mass is 357 g/mol. The highest BCUT2D eigenvalue weighted by atomic mass is 16.3. The molecule has 4 aromatic rings. The van der Waals surface area contributed by atoms with Crippen LogP contribution in [0.1, 0.15) is 5.56 Å². The molecule has 0 fully saturated rings. The largest absolute Gasteiger partial charge is 0.391 e. The third kappa shape index (κ3) is 4.07. The first-order chi connectivity index (χ1) is 13.3. The molecule has 0 aliphatic heterocycles. The highest BCUT2D eigenvalue weighted by Crippen LogP contribution is 2.24. The number of aliphatic hydroxyl groups excluding tert-OH is 1. The quantitative estimate of drug-likeness (QED) is 0.552. The first-order valence-electron chi connectivity index (χ1n) is 8.77. The summed E-state index contributed by atoms with van der Waals surface area (Å²) in [7, 11) is 0. The van der Waals surface area contributed by atoms with E-state index >= 15 is 0 Å². The topological polar surface area (TPSA) is 83.8 Å². The second kappa shape index (κ2) is 7.88. The molecule has 0 bridgehead atoms. The zero-order chi connectivity index (χ0) is 18.5. The summed E-state index contributed by atoms with van der Waals surface area (Å²) in [5.74, 6) is 1.28. The number of rotatable bonds is 6. The van der Waals surface area contributed by atoms with Gasteiger partial charge in [-0.1, -0.05) is 30.3 Å². The molecule has 3 heterocycles. The number of fused-ring (bicyclic) bond motifs is 1. The molecule has 6 nitrogen and oxygen atoms in total. The maximum Gasteiger partial charge on any atom is 0.162 e. The fourth-order valence-corrected chi connectivity index (χ4v) is 2.92. The number of pyridine rings is 2. The molecule has 0 amide bonds. The lowest BCUT2D eigenvalue weighted by atomic mass is 10.1. The Bertz CT molecular complexity index is 1020. The zero-order valence-corrected chi connectivity index (χ0v) is 14.7. The summed E-state index contributed by atoms with van der Waals surface area (Å²) in [5, 5.41) is 14.5. The van der Waals surface area contributed by atoms with Crippen LogP contribution >= 0.6 is 0 Å². The van der Waals surface area contributed by atoms with Crippen molar-refractivity contribution in [3.8, 4) is 11.4 Å². The fraction of sp³-hybridized carbons (Fsp3) is 0.143. The van der Waals surface area contributed by atoms with Crippen molar-refractivity contribution in [3.63, 3.8) is 0 Å². The Kier molecular flexibility index (Phi) is 4.98. The highest BCUT2D eigenvalue weighted by molar-refractivity contribution is 5.89. The molecule has 134 valence electrons. The molecular weight excluding hydrogens is 338 g/mol. The van der Waals surface area contributed by atoms with E-state index in [0.29, 0.717) is 24.6 Å². The van der Waals surface area contributed by atoms with E-state index in [9.17, 15) is 5.11 Å². The summed E-state index contributed by atoms with van der Waals surface area (Å²) in [6, 6.07) is 15.5. The molecule has 4 rings (SSSR count). The standard InChI is InChI=1S/C21H19N5O/c27-17(12-15-4-2-1-3-5-15)13-24-21-18-8-11-23-14-19(18)25-20(26-21)16-6-9-22-10-7-16/h1-11,14,17,27H,12-13H2,(H,24,25,26). The summed E-state index contributed by atoms with van der Waals surface area (Å²) < 4.78 is 0. The van der Waals surface area contributed by atoms with Crippen molar-refractivity contribution in [1.29, 1.82) is 0 Å². The predicted molar refractivity (Wildman–Crippen MR) is 105 cm³/mol. The van der Waals surface area contributed by atoms with Crippen LogP contribution in [0.2, 0.25) is 0 Å². The lowest BCUT2D eigenvalue weighted by Gasteiger charge is -2.14. The van der Waals surface area contributed by atoms with Gasteiger partial charge in [0.15, 0.2) is 5.82 Å². The van der Waals surface area contributed by atoms with Crippen LogP contribution in [0.4, 0.5) is 5.82 Å². The molecule has 0 saturated heterocycles. The van der Waals surface area contributed by atoms with Gasteiger partial charge in [0.25, 0.3) is 0 Å². The molecule has 2 N–H and O–H groups in total. The highest BCUT2D eigenvalue weighted by Gasteiger charge is 2.11. The van der Waals surface area contributed by atoms with Crippen molar-refractivity contribution in [1.82, 2.24) is 19.9 Å². The van der Waals surface area contributed by atoms with Crippen LogP contribution in [-0.4, -0.2) is 37.7 Å². The molecule has 3 aromatic heterocycles. The van der Waals surface area contributed by atoms with E-state index in [0.717, 1.165) is 22.0 Å². The van der Waals surface area contributed by atoms with Crippen molar-refractivity contribution in [3.05, 3.63) is 78.9 Å². The molecule has 27 heavy (non-hydrogen) atoms.